The van der Waals surface area contributed by atoms with Crippen LogP contribution in [-0.2, 0) is 24.9 Å². The molecule has 0 radical (unpaired) electrons. The third-order valence-corrected chi connectivity index (χ3v) is 12.1. The molecule has 17 heteroatoms. The van der Waals surface area contributed by atoms with Crippen LogP contribution in [0.2, 0.25) is 0 Å². The third kappa shape index (κ3) is 10.9. The Bertz CT molecular complexity index is 1830. The lowest BCUT2D eigenvalue weighted by Crippen LogP contribution is -2.49. The lowest BCUT2D eigenvalue weighted by Gasteiger charge is -2.38. The van der Waals surface area contributed by atoms with Crippen LogP contribution in [0.4, 0.5) is 25.8 Å². The maximum Gasteiger partial charge on any atom is 0.290 e. The van der Waals surface area contributed by atoms with Crippen molar-refractivity contribution in [1.29, 1.82) is 0 Å². The van der Waals surface area contributed by atoms with Crippen LogP contribution >= 0.6 is 11.8 Å². The van der Waals surface area contributed by atoms with Crippen molar-refractivity contribution in [3.05, 3.63) is 58.1 Å². The quantitative estimate of drug-likeness (QED) is 0.134. The lowest BCUT2D eigenvalue weighted by molar-refractivity contribution is -0.133. The van der Waals surface area contributed by atoms with Crippen LogP contribution in [0.15, 0.2) is 35.1 Å². The summed E-state index contributed by atoms with van der Waals surface area (Å²) in [6.07, 6.45) is 4.68. The molecule has 4 fully saturated rings. The van der Waals surface area contributed by atoms with Crippen LogP contribution in [0.25, 0.3) is 10.9 Å². The number of likely N-dealkylation sites (tertiary alicyclic amines) is 1. The highest BCUT2D eigenvalue weighted by atomic mass is 32.2. The molecule has 0 aliphatic carbocycles. The predicted molar refractivity (Wildman–Crippen MR) is 209 cm³/mol. The van der Waals surface area contributed by atoms with Crippen LogP contribution in [0.5, 0.6) is 0 Å². The number of amides is 2. The number of carbonyl (C=O) groups excluding carboxylic acids is 2. The van der Waals surface area contributed by atoms with Crippen molar-refractivity contribution in [3.63, 3.8) is 0 Å². The van der Waals surface area contributed by atoms with Crippen LogP contribution < -0.4 is 26.4 Å². The second-order valence-corrected chi connectivity index (χ2v) is 15.7. The summed E-state index contributed by atoms with van der Waals surface area (Å²) < 4.78 is 35.5. The number of imide groups is 1. The number of aromatic nitrogens is 2. The number of ether oxygens (including phenoxy) is 1. The van der Waals surface area contributed by atoms with Gasteiger partial charge in [-0.3, -0.25) is 29.4 Å². The van der Waals surface area contributed by atoms with Crippen molar-refractivity contribution in [2.24, 2.45) is 5.92 Å². The van der Waals surface area contributed by atoms with E-state index in [2.05, 4.69) is 52.8 Å². The molecule has 0 bridgehead atoms. The Labute approximate surface area is 322 Å². The number of piperidine rings is 2. The third-order valence-electron chi connectivity index (χ3n) is 10.8. The minimum absolute atomic E-state index is 0.0486. The fraction of sp³-hybridized carbons (Fsp3) is 0.553. The smallest absolute Gasteiger partial charge is 0.290 e. The van der Waals surface area contributed by atoms with E-state index in [0.717, 1.165) is 103 Å². The maximum absolute atomic E-state index is 15.1. The molecule has 55 heavy (non-hydrogen) atoms. The Hall–Kier alpha value is -4.32. The van der Waals surface area contributed by atoms with Crippen molar-refractivity contribution in [1.82, 2.24) is 25.1 Å². The summed E-state index contributed by atoms with van der Waals surface area (Å²) in [7, 11) is 0. The van der Waals surface area contributed by atoms with Gasteiger partial charge in [0.25, 0.3) is 12.0 Å². The Morgan fingerprint density at radius 3 is 2.27 bits per heavy atom. The topological polar surface area (TPSA) is 172 Å². The molecule has 0 saturated carbocycles. The summed E-state index contributed by atoms with van der Waals surface area (Å²) in [5, 5.41) is 15.7. The number of anilines is 3. The number of nitrogens with one attached hydrogen (secondary N) is 4. The standard InChI is InChI=1S/C37H48F2N8O4S.CH2O2/c38-34-30(21-29-33(35(34)39)37(50)43-31(42-29)23-52-27-9-19-51-20-10-27)40-22-24-7-11-45(12-8-24)13-14-46-15-17-47(18-16-46)26-3-1-25(2-4-26)41-28-5-6-32(48)44-36(28)49;2-1-3/h1-4,21,24,27-28,40-41H,5-20,22-23H2,(H,42,43,50)(H,44,48,49);1H,(H,2,3). The van der Waals surface area contributed by atoms with E-state index < -0.39 is 23.2 Å². The van der Waals surface area contributed by atoms with Gasteiger partial charge >= 0.3 is 0 Å². The van der Waals surface area contributed by atoms with E-state index in [-0.39, 0.29) is 34.9 Å². The number of hydrogen-bond acceptors (Lipinski definition) is 12. The van der Waals surface area contributed by atoms with Gasteiger partial charge in [0.05, 0.1) is 17.0 Å². The minimum atomic E-state index is -1.16. The Morgan fingerprint density at radius 1 is 0.927 bits per heavy atom. The van der Waals surface area contributed by atoms with Gasteiger partial charge in [0.1, 0.15) is 17.3 Å². The SMILES string of the molecule is O=C1CCC(Nc2ccc(N3CCN(CCN4CCC(CNc5cc6nc(CSC7CCOCC7)[nH]c(=O)c6c(F)c5F)CC4)CC3)cc2)C(=O)N1.O=CO. The minimum Gasteiger partial charge on any atom is -0.483 e. The van der Waals surface area contributed by atoms with E-state index in [1.54, 1.807) is 11.8 Å². The molecule has 1 aromatic heterocycles. The number of carbonyl (C=O) groups is 3. The highest BCUT2D eigenvalue weighted by molar-refractivity contribution is 7.99. The number of hydrogen-bond donors (Lipinski definition) is 5. The van der Waals surface area contributed by atoms with Gasteiger partial charge in [-0.1, -0.05) is 0 Å². The van der Waals surface area contributed by atoms with E-state index in [0.29, 0.717) is 42.1 Å². The Morgan fingerprint density at radius 2 is 1.60 bits per heavy atom. The molecule has 1 atom stereocenters. The summed E-state index contributed by atoms with van der Waals surface area (Å²) in [5.41, 5.74) is 1.59. The van der Waals surface area contributed by atoms with Gasteiger partial charge in [-0.15, -0.1) is 0 Å². The van der Waals surface area contributed by atoms with Crippen molar-refractivity contribution in [3.8, 4) is 0 Å². The molecule has 3 aromatic rings. The average Bonchev–Trinajstić information content (AvgIpc) is 3.19. The number of halogens is 2. The monoisotopic (exact) mass is 784 g/mol. The first-order valence-corrected chi connectivity index (χ1v) is 20.1. The molecule has 4 aliphatic rings. The number of fused-ring (bicyclic) bond motifs is 1. The number of thioether (sulfide) groups is 1. The van der Waals surface area contributed by atoms with Gasteiger partial charge in [0, 0.05) is 82.1 Å². The van der Waals surface area contributed by atoms with E-state index in [9.17, 15) is 14.4 Å². The van der Waals surface area contributed by atoms with Gasteiger partial charge in [-0.25, -0.2) is 13.8 Å². The zero-order valence-electron chi connectivity index (χ0n) is 30.9. The number of benzene rings is 2. The van der Waals surface area contributed by atoms with Crippen LogP contribution in [-0.4, -0.2) is 127 Å². The van der Waals surface area contributed by atoms with E-state index in [1.165, 1.54) is 6.07 Å². The van der Waals surface area contributed by atoms with Crippen LogP contribution in [0.1, 0.15) is 44.3 Å². The molecule has 1 unspecified atom stereocenters. The average molecular weight is 785 g/mol. The van der Waals surface area contributed by atoms with E-state index in [4.69, 9.17) is 14.6 Å². The van der Waals surface area contributed by atoms with E-state index in [1.807, 2.05) is 12.1 Å². The zero-order chi connectivity index (χ0) is 38.7. The molecular formula is C38H50F2N8O6S. The molecule has 4 saturated heterocycles. The summed E-state index contributed by atoms with van der Waals surface area (Å²) in [4.78, 5) is 59.1. The zero-order valence-corrected chi connectivity index (χ0v) is 31.7. The molecule has 2 amide bonds. The van der Waals surface area contributed by atoms with Gasteiger partial charge in [-0.2, -0.15) is 11.8 Å². The number of rotatable bonds is 12. The highest BCUT2D eigenvalue weighted by Crippen LogP contribution is 2.28. The van der Waals surface area contributed by atoms with Gasteiger partial charge in [-0.05, 0) is 81.4 Å². The largest absolute Gasteiger partial charge is 0.483 e. The number of aromatic amines is 1. The molecule has 7 rings (SSSR count). The van der Waals surface area contributed by atoms with Crippen molar-refractivity contribution in [2.75, 3.05) is 87.7 Å². The second-order valence-electron chi connectivity index (χ2n) is 14.4. The summed E-state index contributed by atoms with van der Waals surface area (Å²) in [6, 6.07) is 9.22. The number of piperazine rings is 1. The first-order chi connectivity index (χ1) is 26.7. The van der Waals surface area contributed by atoms with Crippen molar-refractivity contribution in [2.45, 2.75) is 55.6 Å². The number of H-pyrrole nitrogens is 1. The fourth-order valence-corrected chi connectivity index (χ4v) is 8.56. The lowest BCUT2D eigenvalue weighted by atomic mass is 9.96. The molecular weight excluding hydrogens is 735 g/mol. The molecule has 298 valence electrons. The number of carboxylic acid groups (broad SMARTS) is 1. The second kappa shape index (κ2) is 19.5. The van der Waals surface area contributed by atoms with Gasteiger partial charge in [0.15, 0.2) is 11.6 Å². The summed E-state index contributed by atoms with van der Waals surface area (Å²) in [6.45, 7) is 9.53. The highest BCUT2D eigenvalue weighted by Gasteiger charge is 2.27. The Balaban J connectivity index is 0.00000166. The molecule has 0 spiro atoms. The van der Waals surface area contributed by atoms with Crippen molar-refractivity contribution >= 4 is 58.0 Å². The van der Waals surface area contributed by atoms with Crippen LogP contribution in [0, 0.1) is 17.6 Å². The van der Waals surface area contributed by atoms with Crippen LogP contribution in [0.3, 0.4) is 0 Å². The number of nitrogens with zero attached hydrogens (tertiary/aromatic N) is 4. The van der Waals surface area contributed by atoms with Gasteiger partial charge in [0.2, 0.25) is 11.8 Å². The van der Waals surface area contributed by atoms with Crippen molar-refractivity contribution < 1.29 is 33.0 Å². The predicted octanol–water partition coefficient (Wildman–Crippen LogP) is 3.48. The molecule has 2 aromatic carbocycles. The summed E-state index contributed by atoms with van der Waals surface area (Å²) in [5.74, 6) is -1.39. The molecule has 5 N–H and O–H groups in total. The normalized spacial score (nSPS) is 20.5. The first-order valence-electron chi connectivity index (χ1n) is 19.0. The van der Waals surface area contributed by atoms with Gasteiger partial charge < -0.3 is 35.3 Å². The summed E-state index contributed by atoms with van der Waals surface area (Å²) >= 11 is 1.70. The molecule has 14 nitrogen and oxygen atoms in total. The molecule has 4 aliphatic heterocycles. The maximum atomic E-state index is 15.1. The Kier molecular flexibility index (Phi) is 14.3. The molecule has 5 heterocycles. The fourth-order valence-electron chi connectivity index (χ4n) is 7.50. The first kappa shape index (κ1) is 40.3. The van der Waals surface area contributed by atoms with E-state index >= 15 is 8.78 Å².